The SMILES string of the molecule is CCOC(=O)c1c(C)c(C(=O)C(C)N(CCC(C)C)C(=O)c2ccc(F)cc2)c(C)n1C. The zero-order valence-electron chi connectivity index (χ0n) is 20.0. The first-order valence-corrected chi connectivity index (χ1v) is 10.9. The van der Waals surface area contributed by atoms with E-state index in [9.17, 15) is 18.8 Å². The van der Waals surface area contributed by atoms with Crippen LogP contribution in [0.1, 0.15) is 76.6 Å². The van der Waals surface area contributed by atoms with Crippen LogP contribution >= 0.6 is 0 Å². The van der Waals surface area contributed by atoms with Crippen molar-refractivity contribution in [1.82, 2.24) is 9.47 Å². The highest BCUT2D eigenvalue weighted by molar-refractivity contribution is 6.07. The number of amides is 1. The Hall–Kier alpha value is -2.96. The van der Waals surface area contributed by atoms with Gasteiger partial charge in [-0.3, -0.25) is 9.59 Å². The molecular formula is C25H33FN2O4. The fourth-order valence-electron chi connectivity index (χ4n) is 3.81. The lowest BCUT2D eigenvalue weighted by Gasteiger charge is -2.29. The molecule has 174 valence electrons. The van der Waals surface area contributed by atoms with Crippen LogP contribution in [0.15, 0.2) is 24.3 Å². The number of benzene rings is 1. The van der Waals surface area contributed by atoms with Gasteiger partial charge in [-0.15, -0.1) is 0 Å². The molecule has 1 heterocycles. The molecule has 0 saturated heterocycles. The van der Waals surface area contributed by atoms with Gasteiger partial charge in [0.05, 0.1) is 12.6 Å². The van der Waals surface area contributed by atoms with Gasteiger partial charge in [-0.1, -0.05) is 13.8 Å². The van der Waals surface area contributed by atoms with Crippen molar-refractivity contribution in [3.05, 3.63) is 58.2 Å². The maximum atomic E-state index is 13.6. The molecule has 1 atom stereocenters. The monoisotopic (exact) mass is 444 g/mol. The van der Waals surface area contributed by atoms with Crippen molar-refractivity contribution < 1.29 is 23.5 Å². The number of rotatable bonds is 9. The Morgan fingerprint density at radius 1 is 1.09 bits per heavy atom. The molecule has 0 saturated carbocycles. The van der Waals surface area contributed by atoms with Gasteiger partial charge in [0, 0.05) is 30.4 Å². The Kier molecular flexibility index (Phi) is 8.36. The lowest BCUT2D eigenvalue weighted by Crippen LogP contribution is -2.44. The molecule has 1 amide bonds. The first-order chi connectivity index (χ1) is 15.0. The van der Waals surface area contributed by atoms with Crippen molar-refractivity contribution in [3.8, 4) is 0 Å². The highest BCUT2D eigenvalue weighted by Crippen LogP contribution is 2.25. The number of nitrogens with zero attached hydrogens (tertiary/aromatic N) is 2. The third-order valence-corrected chi connectivity index (χ3v) is 5.79. The van der Waals surface area contributed by atoms with Crippen LogP contribution in [-0.2, 0) is 11.8 Å². The predicted octanol–water partition coefficient (Wildman–Crippen LogP) is 4.72. The van der Waals surface area contributed by atoms with Crippen molar-refractivity contribution in [2.75, 3.05) is 13.2 Å². The molecule has 0 fully saturated rings. The minimum absolute atomic E-state index is 0.233. The normalized spacial score (nSPS) is 12.0. The van der Waals surface area contributed by atoms with Gasteiger partial charge < -0.3 is 14.2 Å². The third kappa shape index (κ3) is 5.26. The minimum atomic E-state index is -0.763. The van der Waals surface area contributed by atoms with E-state index in [1.54, 1.807) is 39.3 Å². The molecule has 0 aliphatic rings. The summed E-state index contributed by atoms with van der Waals surface area (Å²) in [6, 6.07) is 4.56. The van der Waals surface area contributed by atoms with E-state index in [0.29, 0.717) is 47.0 Å². The largest absolute Gasteiger partial charge is 0.461 e. The molecule has 0 aliphatic heterocycles. The number of hydrogen-bond acceptors (Lipinski definition) is 4. The molecule has 1 aromatic heterocycles. The molecule has 1 aromatic carbocycles. The summed E-state index contributed by atoms with van der Waals surface area (Å²) >= 11 is 0. The van der Waals surface area contributed by atoms with E-state index in [1.165, 1.54) is 29.2 Å². The van der Waals surface area contributed by atoms with Crippen LogP contribution in [0.4, 0.5) is 4.39 Å². The topological polar surface area (TPSA) is 68.6 Å². The molecule has 0 spiro atoms. The average molecular weight is 445 g/mol. The van der Waals surface area contributed by atoms with Crippen LogP contribution in [-0.4, -0.2) is 46.3 Å². The van der Waals surface area contributed by atoms with Crippen LogP contribution in [0.5, 0.6) is 0 Å². The first kappa shape index (κ1) is 25.3. The van der Waals surface area contributed by atoms with E-state index >= 15 is 0 Å². The van der Waals surface area contributed by atoms with Crippen molar-refractivity contribution in [2.45, 2.75) is 54.0 Å². The maximum absolute atomic E-state index is 13.6. The summed E-state index contributed by atoms with van der Waals surface area (Å²) in [6.45, 7) is 11.6. The van der Waals surface area contributed by atoms with Gasteiger partial charge >= 0.3 is 5.97 Å². The zero-order chi connectivity index (χ0) is 24.2. The molecule has 0 aliphatic carbocycles. The van der Waals surface area contributed by atoms with E-state index in [4.69, 9.17) is 4.74 Å². The Labute approximate surface area is 189 Å². The zero-order valence-corrected chi connectivity index (χ0v) is 20.0. The summed E-state index contributed by atoms with van der Waals surface area (Å²) in [4.78, 5) is 40.8. The van der Waals surface area contributed by atoms with Crippen LogP contribution in [0, 0.1) is 25.6 Å². The van der Waals surface area contributed by atoms with Crippen LogP contribution in [0.2, 0.25) is 0 Å². The molecular weight excluding hydrogens is 411 g/mol. The van der Waals surface area contributed by atoms with Crippen LogP contribution in [0.25, 0.3) is 0 Å². The molecule has 0 N–H and O–H groups in total. The van der Waals surface area contributed by atoms with Crippen LogP contribution in [0.3, 0.4) is 0 Å². The molecule has 1 unspecified atom stereocenters. The number of esters is 1. The standard InChI is InChI=1S/C25H33FN2O4/c1-8-32-25(31)22-16(4)21(17(5)27(22)7)23(29)18(6)28(14-13-15(2)3)24(30)19-9-11-20(26)12-10-19/h9-12,15,18H,8,13-14H2,1-7H3. The second-order valence-corrected chi connectivity index (χ2v) is 8.44. The summed E-state index contributed by atoms with van der Waals surface area (Å²) in [5, 5.41) is 0. The number of ketones is 1. The summed E-state index contributed by atoms with van der Waals surface area (Å²) < 4.78 is 20.2. The smallest absolute Gasteiger partial charge is 0.355 e. The molecule has 2 aromatic rings. The molecule has 6 nitrogen and oxygen atoms in total. The summed E-state index contributed by atoms with van der Waals surface area (Å²) in [5.41, 5.74) is 2.25. The third-order valence-electron chi connectivity index (χ3n) is 5.79. The molecule has 2 rings (SSSR count). The Bertz CT molecular complexity index is 992. The quantitative estimate of drug-likeness (QED) is 0.415. The number of aromatic nitrogens is 1. The van der Waals surface area contributed by atoms with Crippen molar-refractivity contribution >= 4 is 17.7 Å². The summed E-state index contributed by atoms with van der Waals surface area (Å²) in [7, 11) is 1.72. The summed E-state index contributed by atoms with van der Waals surface area (Å²) in [5.74, 6) is -1.16. The highest BCUT2D eigenvalue weighted by atomic mass is 19.1. The average Bonchev–Trinajstić information content (AvgIpc) is 2.96. The van der Waals surface area contributed by atoms with Gasteiger partial charge in [-0.25, -0.2) is 9.18 Å². The van der Waals surface area contributed by atoms with Gasteiger partial charge in [0.15, 0.2) is 5.78 Å². The maximum Gasteiger partial charge on any atom is 0.355 e. The van der Waals surface area contributed by atoms with E-state index in [-0.39, 0.29) is 18.3 Å². The first-order valence-electron chi connectivity index (χ1n) is 10.9. The number of halogens is 1. The molecule has 32 heavy (non-hydrogen) atoms. The van der Waals surface area contributed by atoms with Crippen molar-refractivity contribution in [2.24, 2.45) is 13.0 Å². The van der Waals surface area contributed by atoms with E-state index in [0.717, 1.165) is 0 Å². The van der Waals surface area contributed by atoms with Gasteiger partial charge in [0.1, 0.15) is 11.5 Å². The number of hydrogen-bond donors (Lipinski definition) is 0. The Morgan fingerprint density at radius 3 is 2.22 bits per heavy atom. The second-order valence-electron chi connectivity index (χ2n) is 8.44. The lowest BCUT2D eigenvalue weighted by atomic mass is 9.98. The van der Waals surface area contributed by atoms with Crippen LogP contribution < -0.4 is 0 Å². The fourth-order valence-corrected chi connectivity index (χ4v) is 3.81. The molecule has 0 radical (unpaired) electrons. The van der Waals surface area contributed by atoms with Gasteiger partial charge in [-0.2, -0.15) is 0 Å². The number of ether oxygens (including phenoxy) is 1. The predicted molar refractivity (Wildman–Crippen MR) is 122 cm³/mol. The second kappa shape index (κ2) is 10.6. The van der Waals surface area contributed by atoms with Crippen molar-refractivity contribution in [3.63, 3.8) is 0 Å². The van der Waals surface area contributed by atoms with Gasteiger partial charge in [0.25, 0.3) is 5.91 Å². The Morgan fingerprint density at radius 2 is 1.69 bits per heavy atom. The van der Waals surface area contributed by atoms with E-state index < -0.39 is 17.8 Å². The number of carbonyl (C=O) groups is 3. The summed E-state index contributed by atoms with van der Waals surface area (Å²) in [6.07, 6.45) is 0.714. The van der Waals surface area contributed by atoms with Gasteiger partial charge in [-0.05, 0) is 69.9 Å². The van der Waals surface area contributed by atoms with Crippen molar-refractivity contribution in [1.29, 1.82) is 0 Å². The fraction of sp³-hybridized carbons (Fsp3) is 0.480. The minimum Gasteiger partial charge on any atom is -0.461 e. The number of Topliss-reactive ketones (excluding diaryl/α,β-unsaturated/α-hetero) is 1. The number of carbonyl (C=O) groups excluding carboxylic acids is 3. The molecule has 7 heteroatoms. The highest BCUT2D eigenvalue weighted by Gasteiger charge is 2.32. The van der Waals surface area contributed by atoms with E-state index in [2.05, 4.69) is 0 Å². The van der Waals surface area contributed by atoms with Gasteiger partial charge in [0.2, 0.25) is 0 Å². The van der Waals surface area contributed by atoms with E-state index in [1.807, 2.05) is 13.8 Å². The Balaban J connectivity index is 2.45. The molecule has 0 bridgehead atoms. The lowest BCUT2D eigenvalue weighted by molar-refractivity contribution is 0.0513.